The number of urea groups is 1. The molecule has 9 nitrogen and oxygen atoms in total. The third-order valence-corrected chi connectivity index (χ3v) is 7.91. The predicted octanol–water partition coefficient (Wildman–Crippen LogP) is 2.90. The molecule has 10 heteroatoms. The van der Waals surface area contributed by atoms with Crippen molar-refractivity contribution in [3.63, 3.8) is 0 Å². The van der Waals surface area contributed by atoms with Crippen molar-refractivity contribution in [2.45, 2.75) is 44.0 Å². The van der Waals surface area contributed by atoms with E-state index in [2.05, 4.69) is 10.6 Å². The summed E-state index contributed by atoms with van der Waals surface area (Å²) in [6.07, 6.45) is 1.06. The number of hydrogen-bond donors (Lipinski definition) is 2. The van der Waals surface area contributed by atoms with Gasteiger partial charge in [-0.2, -0.15) is 4.31 Å². The summed E-state index contributed by atoms with van der Waals surface area (Å²) in [7, 11) is -3.61. The highest BCUT2D eigenvalue weighted by Gasteiger charge is 2.52. The van der Waals surface area contributed by atoms with Gasteiger partial charge in [0, 0.05) is 18.8 Å². The Kier molecular flexibility index (Phi) is 7.73. The van der Waals surface area contributed by atoms with Gasteiger partial charge in [0.15, 0.2) is 0 Å². The highest BCUT2D eigenvalue weighted by Crippen LogP contribution is 2.33. The van der Waals surface area contributed by atoms with Gasteiger partial charge in [-0.1, -0.05) is 57.5 Å². The van der Waals surface area contributed by atoms with Crippen LogP contribution in [0.15, 0.2) is 59.5 Å². The van der Waals surface area contributed by atoms with Crippen LogP contribution >= 0.6 is 0 Å². The molecule has 4 amide bonds. The van der Waals surface area contributed by atoms with E-state index in [1.54, 1.807) is 38.1 Å². The topological polar surface area (TPSA) is 116 Å². The molecule has 0 aliphatic carbocycles. The van der Waals surface area contributed by atoms with Crippen molar-refractivity contribution in [2.24, 2.45) is 0 Å². The normalized spacial score (nSPS) is 18.3. The minimum atomic E-state index is -3.61. The van der Waals surface area contributed by atoms with Crippen molar-refractivity contribution in [1.29, 1.82) is 0 Å². The number of carbonyl (C=O) groups excluding carboxylic acids is 3. The van der Waals surface area contributed by atoms with Gasteiger partial charge in [0.05, 0.1) is 4.90 Å². The van der Waals surface area contributed by atoms with E-state index in [4.69, 9.17) is 0 Å². The number of benzene rings is 2. The highest BCUT2D eigenvalue weighted by molar-refractivity contribution is 7.89. The van der Waals surface area contributed by atoms with Crippen LogP contribution in [0.4, 0.5) is 10.5 Å². The Balaban J connectivity index is 1.73. The smallest absolute Gasteiger partial charge is 0.325 e. The number of nitrogens with one attached hydrogen (secondary N) is 2. The molecule has 0 spiro atoms. The molecule has 0 aromatic heterocycles. The summed E-state index contributed by atoms with van der Waals surface area (Å²) in [5.74, 6) is -1.04. The largest absolute Gasteiger partial charge is 0.325 e. The van der Waals surface area contributed by atoms with Crippen molar-refractivity contribution in [2.75, 3.05) is 25.0 Å². The summed E-state index contributed by atoms with van der Waals surface area (Å²) < 4.78 is 26.6. The van der Waals surface area contributed by atoms with Crippen molar-refractivity contribution in [3.8, 4) is 0 Å². The maximum atomic E-state index is 13.3. The number of hydrogen-bond acceptors (Lipinski definition) is 5. The summed E-state index contributed by atoms with van der Waals surface area (Å²) in [6, 6.07) is 14.1. The number of amides is 4. The molecular formula is C24H30N4O5S. The van der Waals surface area contributed by atoms with Crippen LogP contribution in [0.1, 0.15) is 39.2 Å². The molecule has 2 aromatic rings. The Morgan fingerprint density at radius 3 is 2.18 bits per heavy atom. The molecule has 0 radical (unpaired) electrons. The van der Waals surface area contributed by atoms with E-state index in [1.165, 1.54) is 28.6 Å². The molecule has 1 atom stereocenters. The molecule has 34 heavy (non-hydrogen) atoms. The van der Waals surface area contributed by atoms with Gasteiger partial charge in [0.1, 0.15) is 12.1 Å². The van der Waals surface area contributed by atoms with Gasteiger partial charge in [-0.05, 0) is 36.2 Å². The molecule has 1 aliphatic rings. The third kappa shape index (κ3) is 4.83. The lowest BCUT2D eigenvalue weighted by Gasteiger charge is -2.26. The Labute approximate surface area is 200 Å². The monoisotopic (exact) mass is 486 g/mol. The van der Waals surface area contributed by atoms with E-state index in [1.807, 2.05) is 13.0 Å². The quantitative estimate of drug-likeness (QED) is 0.501. The fraction of sp³-hybridized carbons (Fsp3) is 0.375. The van der Waals surface area contributed by atoms with Gasteiger partial charge in [-0.3, -0.25) is 14.5 Å². The van der Waals surface area contributed by atoms with Crippen LogP contribution in [0.2, 0.25) is 0 Å². The molecule has 1 saturated heterocycles. The molecule has 1 heterocycles. The van der Waals surface area contributed by atoms with Crippen molar-refractivity contribution in [1.82, 2.24) is 14.5 Å². The lowest BCUT2D eigenvalue weighted by atomic mass is 9.85. The molecule has 1 aliphatic heterocycles. The number of anilines is 1. The first kappa shape index (κ1) is 25.4. The molecule has 1 fully saturated rings. The van der Waals surface area contributed by atoms with Crippen molar-refractivity contribution < 1.29 is 22.8 Å². The number of nitrogens with zero attached hydrogens (tertiary/aromatic N) is 2. The van der Waals surface area contributed by atoms with Crippen LogP contribution in [-0.2, 0) is 25.2 Å². The van der Waals surface area contributed by atoms with E-state index >= 15 is 0 Å². The summed E-state index contributed by atoms with van der Waals surface area (Å²) in [4.78, 5) is 39.6. The second-order valence-electron chi connectivity index (χ2n) is 8.00. The van der Waals surface area contributed by atoms with Crippen LogP contribution in [-0.4, -0.2) is 55.1 Å². The predicted molar refractivity (Wildman–Crippen MR) is 128 cm³/mol. The molecule has 1 unspecified atom stereocenters. The van der Waals surface area contributed by atoms with E-state index in [0.717, 1.165) is 4.90 Å². The minimum Gasteiger partial charge on any atom is -0.325 e. The molecule has 3 rings (SSSR count). The maximum absolute atomic E-state index is 13.3. The van der Waals surface area contributed by atoms with Crippen molar-refractivity contribution in [3.05, 3.63) is 60.2 Å². The van der Waals surface area contributed by atoms with Gasteiger partial charge >= 0.3 is 6.03 Å². The average Bonchev–Trinajstić information content (AvgIpc) is 3.06. The Hall–Kier alpha value is -3.24. The number of sulfonamides is 1. The first-order valence-electron chi connectivity index (χ1n) is 11.3. The standard InChI is InChI=1S/C24H30N4O5S/c1-4-16-24(18-10-8-7-9-11-18)22(30)28(23(31)26-24)17-21(29)25-19-12-14-20(15-13-19)34(32,33)27(5-2)6-3/h7-15H,4-6,16-17H2,1-3H3,(H,25,29)(H,26,31). The molecular weight excluding hydrogens is 456 g/mol. The van der Waals surface area contributed by atoms with Crippen LogP contribution in [0, 0.1) is 0 Å². The van der Waals surface area contributed by atoms with Gasteiger partial charge in [-0.15, -0.1) is 0 Å². The van der Waals surface area contributed by atoms with Gasteiger partial charge in [-0.25, -0.2) is 13.2 Å². The molecule has 0 saturated carbocycles. The van der Waals surface area contributed by atoms with Crippen LogP contribution in [0.5, 0.6) is 0 Å². The van der Waals surface area contributed by atoms with E-state index in [-0.39, 0.29) is 4.90 Å². The van der Waals surface area contributed by atoms with Gasteiger partial charge < -0.3 is 10.6 Å². The average molecular weight is 487 g/mol. The van der Waals surface area contributed by atoms with Crippen LogP contribution in [0.3, 0.4) is 0 Å². The SMILES string of the molecule is CCCC1(c2ccccc2)NC(=O)N(CC(=O)Nc2ccc(S(=O)(=O)N(CC)CC)cc2)C1=O. The fourth-order valence-electron chi connectivity index (χ4n) is 4.14. The molecule has 2 aromatic carbocycles. The minimum absolute atomic E-state index is 0.121. The summed E-state index contributed by atoms with van der Waals surface area (Å²) in [5.41, 5.74) is -0.171. The lowest BCUT2D eigenvalue weighted by molar-refractivity contribution is -0.134. The second-order valence-corrected chi connectivity index (χ2v) is 9.94. The maximum Gasteiger partial charge on any atom is 0.325 e. The van der Waals surface area contributed by atoms with Crippen molar-refractivity contribution >= 4 is 33.6 Å². The lowest BCUT2D eigenvalue weighted by Crippen LogP contribution is -2.44. The van der Waals surface area contributed by atoms with Gasteiger partial charge in [0.2, 0.25) is 15.9 Å². The summed E-state index contributed by atoms with van der Waals surface area (Å²) >= 11 is 0. The van der Waals surface area contributed by atoms with E-state index < -0.39 is 40.0 Å². The van der Waals surface area contributed by atoms with Crippen LogP contribution in [0.25, 0.3) is 0 Å². The molecule has 2 N–H and O–H groups in total. The Morgan fingerprint density at radius 2 is 1.62 bits per heavy atom. The number of imide groups is 1. The highest BCUT2D eigenvalue weighted by atomic mass is 32.2. The molecule has 182 valence electrons. The van der Waals surface area contributed by atoms with Crippen LogP contribution < -0.4 is 10.6 Å². The van der Waals surface area contributed by atoms with E-state index in [0.29, 0.717) is 37.2 Å². The summed E-state index contributed by atoms with van der Waals surface area (Å²) in [6.45, 7) is 5.69. The third-order valence-electron chi connectivity index (χ3n) is 5.85. The second kappa shape index (κ2) is 10.4. The van der Waals surface area contributed by atoms with E-state index in [9.17, 15) is 22.8 Å². The zero-order valence-electron chi connectivity index (χ0n) is 19.6. The number of carbonyl (C=O) groups is 3. The fourth-order valence-corrected chi connectivity index (χ4v) is 5.60. The zero-order chi connectivity index (χ0) is 24.9. The van der Waals surface area contributed by atoms with Gasteiger partial charge in [0.25, 0.3) is 5.91 Å². The Bertz CT molecular complexity index is 1150. The first-order valence-corrected chi connectivity index (χ1v) is 12.7. The number of rotatable bonds is 10. The molecule has 0 bridgehead atoms. The Morgan fingerprint density at radius 1 is 1.00 bits per heavy atom. The summed E-state index contributed by atoms with van der Waals surface area (Å²) in [5, 5.41) is 5.41. The first-order chi connectivity index (χ1) is 16.2. The zero-order valence-corrected chi connectivity index (χ0v) is 20.4.